The summed E-state index contributed by atoms with van der Waals surface area (Å²) in [5.74, 6) is 1.40. The van der Waals surface area contributed by atoms with Crippen molar-refractivity contribution in [3.05, 3.63) is 36.0 Å². The second-order valence-corrected chi connectivity index (χ2v) is 9.57. The molecule has 2 amide bonds. The van der Waals surface area contributed by atoms with E-state index in [1.165, 1.54) is 17.4 Å². The van der Waals surface area contributed by atoms with Crippen LogP contribution in [0.25, 0.3) is 10.9 Å². The molecule has 0 saturated heterocycles. The van der Waals surface area contributed by atoms with Crippen molar-refractivity contribution in [2.45, 2.75) is 57.4 Å². The molecule has 2 atom stereocenters. The van der Waals surface area contributed by atoms with Gasteiger partial charge in [-0.15, -0.1) is 0 Å². The number of H-pyrrole nitrogens is 1. The van der Waals surface area contributed by atoms with Crippen LogP contribution in [0, 0.1) is 17.3 Å². The molecule has 4 saturated carbocycles. The van der Waals surface area contributed by atoms with Crippen LogP contribution in [0.5, 0.6) is 0 Å². The van der Waals surface area contributed by atoms with Crippen LogP contribution in [0.2, 0.25) is 0 Å². The van der Waals surface area contributed by atoms with Gasteiger partial charge in [0.15, 0.2) is 0 Å². The number of hydrogen-bond acceptors (Lipinski definition) is 2. The van der Waals surface area contributed by atoms with Crippen molar-refractivity contribution in [1.82, 2.24) is 15.6 Å². The third kappa shape index (κ3) is 2.92. The Morgan fingerprint density at radius 3 is 2.64 bits per heavy atom. The first-order chi connectivity index (χ1) is 13.5. The molecule has 148 valence electrons. The van der Waals surface area contributed by atoms with Gasteiger partial charge >= 0.3 is 0 Å². The molecule has 1 aromatic heterocycles. The highest BCUT2D eigenvalue weighted by molar-refractivity contribution is 5.85. The standard InChI is InChI=1S/C23H29N3O2/c1-15(27)26-23-11-16-8-17(12-23)10-22(9-16,14-23)21(28)24-7-6-18-13-25-20-5-3-2-4-19(18)20/h2-5,13,16-17,25H,6-12,14H2,1H3,(H,24,28)(H,26,27)/t16-,17-,22?,23?/m0/s1. The lowest BCUT2D eigenvalue weighted by atomic mass is 9.46. The summed E-state index contributed by atoms with van der Waals surface area (Å²) in [6.45, 7) is 2.26. The molecule has 3 N–H and O–H groups in total. The van der Waals surface area contributed by atoms with Crippen LogP contribution < -0.4 is 10.6 Å². The van der Waals surface area contributed by atoms with Gasteiger partial charge in [-0.1, -0.05) is 18.2 Å². The fraction of sp³-hybridized carbons (Fsp3) is 0.565. The van der Waals surface area contributed by atoms with Crippen LogP contribution >= 0.6 is 0 Å². The van der Waals surface area contributed by atoms with Crippen molar-refractivity contribution in [2.75, 3.05) is 6.54 Å². The third-order valence-corrected chi connectivity index (χ3v) is 7.34. The zero-order valence-electron chi connectivity index (χ0n) is 16.5. The number of fused-ring (bicyclic) bond motifs is 1. The van der Waals surface area contributed by atoms with Crippen molar-refractivity contribution in [3.63, 3.8) is 0 Å². The molecule has 1 aromatic carbocycles. The molecule has 0 spiro atoms. The summed E-state index contributed by atoms with van der Waals surface area (Å²) < 4.78 is 0. The topological polar surface area (TPSA) is 74.0 Å². The average molecular weight is 380 g/mol. The van der Waals surface area contributed by atoms with E-state index in [1.54, 1.807) is 6.92 Å². The molecule has 0 unspecified atom stereocenters. The highest BCUT2D eigenvalue weighted by Gasteiger charge is 2.60. The second kappa shape index (κ2) is 6.36. The SMILES string of the molecule is CC(=O)NC12C[C@H]3C[C@H](C1)CC(C(=O)NCCc1c[nH]c4ccccc14)(C3)C2. The normalized spacial score (nSPS) is 33.2. The first-order valence-electron chi connectivity index (χ1n) is 10.6. The fourth-order valence-corrected chi connectivity index (χ4v) is 6.88. The molecule has 0 radical (unpaired) electrons. The predicted molar refractivity (Wildman–Crippen MR) is 109 cm³/mol. The number of hydrogen-bond donors (Lipinski definition) is 3. The summed E-state index contributed by atoms with van der Waals surface area (Å²) in [7, 11) is 0. The monoisotopic (exact) mass is 379 g/mol. The largest absolute Gasteiger partial charge is 0.361 e. The van der Waals surface area contributed by atoms with Crippen LogP contribution in [0.4, 0.5) is 0 Å². The van der Waals surface area contributed by atoms with Crippen LogP contribution in [0.3, 0.4) is 0 Å². The Bertz CT molecular complexity index is 917. The maximum absolute atomic E-state index is 13.3. The second-order valence-electron chi connectivity index (χ2n) is 9.57. The molecule has 5 nitrogen and oxygen atoms in total. The van der Waals surface area contributed by atoms with Gasteiger partial charge in [0.2, 0.25) is 11.8 Å². The van der Waals surface area contributed by atoms with Crippen LogP contribution in [-0.4, -0.2) is 28.9 Å². The first-order valence-corrected chi connectivity index (χ1v) is 10.6. The number of aromatic amines is 1. The number of amides is 2. The number of carbonyl (C=O) groups excluding carboxylic acids is 2. The number of nitrogens with one attached hydrogen (secondary N) is 3. The zero-order chi connectivity index (χ0) is 19.4. The Labute approximate surface area is 165 Å². The molecular formula is C23H29N3O2. The van der Waals surface area contributed by atoms with Crippen molar-refractivity contribution in [2.24, 2.45) is 17.3 Å². The Balaban J connectivity index is 1.28. The Morgan fingerprint density at radius 2 is 1.89 bits per heavy atom. The van der Waals surface area contributed by atoms with E-state index >= 15 is 0 Å². The minimum absolute atomic E-state index is 0.0387. The lowest BCUT2D eigenvalue weighted by Gasteiger charge is -2.61. The number of carbonyl (C=O) groups is 2. The summed E-state index contributed by atoms with van der Waals surface area (Å²) in [5.41, 5.74) is 1.95. The van der Waals surface area contributed by atoms with Gasteiger partial charge in [0.25, 0.3) is 0 Å². The summed E-state index contributed by atoms with van der Waals surface area (Å²) in [4.78, 5) is 28.4. The molecule has 2 aromatic rings. The van der Waals surface area contributed by atoms with Crippen LogP contribution in [0.15, 0.2) is 30.5 Å². The fourth-order valence-electron chi connectivity index (χ4n) is 6.88. The lowest BCUT2D eigenvalue weighted by Crippen LogP contribution is -2.65. The summed E-state index contributed by atoms with van der Waals surface area (Å²) in [6.07, 6.45) is 8.99. The molecule has 1 heterocycles. The maximum Gasteiger partial charge on any atom is 0.226 e. The number of para-hydroxylation sites is 1. The molecule has 4 aliphatic carbocycles. The van der Waals surface area contributed by atoms with Crippen LogP contribution in [0.1, 0.15) is 51.0 Å². The molecular weight excluding hydrogens is 350 g/mol. The maximum atomic E-state index is 13.3. The quantitative estimate of drug-likeness (QED) is 0.746. The third-order valence-electron chi connectivity index (χ3n) is 7.34. The highest BCUT2D eigenvalue weighted by atomic mass is 16.2. The van der Waals surface area contributed by atoms with E-state index < -0.39 is 0 Å². The van der Waals surface area contributed by atoms with Crippen molar-refractivity contribution >= 4 is 22.7 Å². The molecule has 0 aliphatic heterocycles. The molecule has 4 aliphatic rings. The van der Waals surface area contributed by atoms with Gasteiger partial charge in [-0.25, -0.2) is 0 Å². The van der Waals surface area contributed by atoms with E-state index in [9.17, 15) is 9.59 Å². The summed E-state index contributed by atoms with van der Waals surface area (Å²) in [5, 5.41) is 7.72. The molecule has 4 bridgehead atoms. The minimum atomic E-state index is -0.285. The summed E-state index contributed by atoms with van der Waals surface area (Å²) in [6, 6.07) is 8.28. The highest BCUT2D eigenvalue weighted by Crippen LogP contribution is 2.61. The van der Waals surface area contributed by atoms with E-state index in [2.05, 4.69) is 33.8 Å². The van der Waals surface area contributed by atoms with E-state index in [0.717, 1.165) is 44.0 Å². The van der Waals surface area contributed by atoms with E-state index in [-0.39, 0.29) is 22.8 Å². The number of rotatable bonds is 5. The minimum Gasteiger partial charge on any atom is -0.361 e. The van der Waals surface area contributed by atoms with Gasteiger partial charge in [0, 0.05) is 36.1 Å². The molecule has 5 heteroatoms. The van der Waals surface area contributed by atoms with Gasteiger partial charge in [-0.2, -0.15) is 0 Å². The van der Waals surface area contributed by atoms with Crippen molar-refractivity contribution in [3.8, 4) is 0 Å². The van der Waals surface area contributed by atoms with Gasteiger partial charge in [0.1, 0.15) is 0 Å². The van der Waals surface area contributed by atoms with Crippen LogP contribution in [-0.2, 0) is 16.0 Å². The smallest absolute Gasteiger partial charge is 0.226 e. The van der Waals surface area contributed by atoms with Crippen molar-refractivity contribution in [1.29, 1.82) is 0 Å². The molecule has 28 heavy (non-hydrogen) atoms. The predicted octanol–water partition coefficient (Wildman–Crippen LogP) is 3.30. The van der Waals surface area contributed by atoms with E-state index in [1.807, 2.05) is 12.3 Å². The Kier molecular flexibility index (Phi) is 4.04. The molecule has 4 fully saturated rings. The number of benzene rings is 1. The Hall–Kier alpha value is -2.30. The summed E-state index contributed by atoms with van der Waals surface area (Å²) >= 11 is 0. The zero-order valence-corrected chi connectivity index (χ0v) is 16.5. The van der Waals surface area contributed by atoms with E-state index in [4.69, 9.17) is 0 Å². The lowest BCUT2D eigenvalue weighted by molar-refractivity contribution is -0.153. The Morgan fingerprint density at radius 1 is 1.14 bits per heavy atom. The first kappa shape index (κ1) is 17.8. The van der Waals surface area contributed by atoms with Gasteiger partial charge in [-0.05, 0) is 68.4 Å². The number of aromatic nitrogens is 1. The van der Waals surface area contributed by atoms with Gasteiger partial charge < -0.3 is 15.6 Å². The molecule has 6 rings (SSSR count). The van der Waals surface area contributed by atoms with Gasteiger partial charge in [-0.3, -0.25) is 9.59 Å². The van der Waals surface area contributed by atoms with E-state index in [0.29, 0.717) is 18.4 Å². The van der Waals surface area contributed by atoms with Crippen molar-refractivity contribution < 1.29 is 9.59 Å². The van der Waals surface area contributed by atoms with Gasteiger partial charge in [0.05, 0.1) is 5.41 Å². The average Bonchev–Trinajstić information content (AvgIpc) is 3.03.